The van der Waals surface area contributed by atoms with Crippen LogP contribution in [0.1, 0.15) is 41.7 Å². The molecule has 2 heterocycles. The summed E-state index contributed by atoms with van der Waals surface area (Å²) in [5.74, 6) is 0.0664. The lowest BCUT2D eigenvalue weighted by atomic mass is 9.93. The second-order valence-electron chi connectivity index (χ2n) is 6.80. The molecule has 6 nitrogen and oxygen atoms in total. The third-order valence-corrected chi connectivity index (χ3v) is 5.45. The van der Waals surface area contributed by atoms with E-state index in [-0.39, 0.29) is 11.8 Å². The number of benzene rings is 1. The molecular weight excluding hydrogens is 396 g/mol. The minimum Gasteiger partial charge on any atom is -0.370 e. The van der Waals surface area contributed by atoms with E-state index in [0.717, 1.165) is 41.7 Å². The molecule has 1 aliphatic rings. The molecule has 0 radical (unpaired) electrons. The van der Waals surface area contributed by atoms with Gasteiger partial charge in [-0.3, -0.25) is 9.59 Å². The average Bonchev–Trinajstić information content (AvgIpc) is 3.02. The van der Waals surface area contributed by atoms with Crippen LogP contribution in [0.4, 0.5) is 0 Å². The number of halogens is 1. The highest BCUT2D eigenvalue weighted by Gasteiger charge is 2.27. The summed E-state index contributed by atoms with van der Waals surface area (Å²) in [6, 6.07) is 7.82. The van der Waals surface area contributed by atoms with Crippen molar-refractivity contribution in [3.63, 3.8) is 0 Å². The van der Waals surface area contributed by atoms with Gasteiger partial charge >= 0.3 is 0 Å². The number of piperidine rings is 1. The average molecular weight is 419 g/mol. The lowest BCUT2D eigenvalue weighted by Gasteiger charge is -2.32. The normalized spacial score (nSPS) is 17.3. The Morgan fingerprint density at radius 3 is 2.73 bits per heavy atom. The van der Waals surface area contributed by atoms with Crippen molar-refractivity contribution in [1.82, 2.24) is 14.7 Å². The molecule has 0 bridgehead atoms. The number of amides is 2. The molecule has 0 saturated carbocycles. The first-order valence-electron chi connectivity index (χ1n) is 8.84. The number of hydrogen-bond donors (Lipinski definition) is 1. The van der Waals surface area contributed by atoms with Crippen LogP contribution in [0.2, 0.25) is 0 Å². The van der Waals surface area contributed by atoms with Crippen molar-refractivity contribution in [2.45, 2.75) is 32.6 Å². The smallest absolute Gasteiger partial charge is 0.257 e. The quantitative estimate of drug-likeness (QED) is 0.809. The minimum absolute atomic E-state index is 0.00892. The number of carbonyl (C=O) groups excluding carboxylic acids is 2. The second-order valence-corrected chi connectivity index (χ2v) is 7.71. The van der Waals surface area contributed by atoms with Gasteiger partial charge in [0.15, 0.2) is 0 Å². The van der Waals surface area contributed by atoms with E-state index in [1.807, 2.05) is 36.1 Å². The molecule has 2 amide bonds. The Bertz CT molecular complexity index is 800. The summed E-state index contributed by atoms with van der Waals surface area (Å²) in [6.07, 6.45) is 4.76. The molecule has 1 atom stereocenters. The van der Waals surface area contributed by atoms with E-state index in [1.165, 1.54) is 0 Å². The molecule has 26 heavy (non-hydrogen) atoms. The maximum absolute atomic E-state index is 13.0. The summed E-state index contributed by atoms with van der Waals surface area (Å²) in [4.78, 5) is 25.9. The van der Waals surface area contributed by atoms with Crippen LogP contribution in [0.3, 0.4) is 0 Å². The molecule has 7 heteroatoms. The van der Waals surface area contributed by atoms with E-state index in [2.05, 4.69) is 21.0 Å². The van der Waals surface area contributed by atoms with Crippen LogP contribution in [0, 0.1) is 12.8 Å². The fourth-order valence-electron chi connectivity index (χ4n) is 3.46. The number of carbonyl (C=O) groups is 2. The highest BCUT2D eigenvalue weighted by Crippen LogP contribution is 2.24. The monoisotopic (exact) mass is 418 g/mol. The van der Waals surface area contributed by atoms with Crippen LogP contribution in [0.25, 0.3) is 5.69 Å². The summed E-state index contributed by atoms with van der Waals surface area (Å²) in [7, 11) is 0. The first-order chi connectivity index (χ1) is 12.5. The SMILES string of the molecule is Cc1c(C(=O)N2CCCC(CCC(N)=O)C2)cnn1-c1ccc(Br)cc1. The molecule has 2 aromatic rings. The Balaban J connectivity index is 1.73. The van der Waals surface area contributed by atoms with Gasteiger partial charge in [-0.1, -0.05) is 15.9 Å². The van der Waals surface area contributed by atoms with E-state index < -0.39 is 0 Å². The number of aromatic nitrogens is 2. The molecule has 3 rings (SSSR count). The van der Waals surface area contributed by atoms with E-state index in [0.29, 0.717) is 24.4 Å². The second kappa shape index (κ2) is 8.03. The topological polar surface area (TPSA) is 81.2 Å². The van der Waals surface area contributed by atoms with Crippen LogP contribution in [-0.2, 0) is 4.79 Å². The van der Waals surface area contributed by atoms with Crippen LogP contribution >= 0.6 is 15.9 Å². The van der Waals surface area contributed by atoms with Crippen molar-refractivity contribution in [3.8, 4) is 5.69 Å². The van der Waals surface area contributed by atoms with Crippen molar-refractivity contribution < 1.29 is 9.59 Å². The Hall–Kier alpha value is -2.15. The summed E-state index contributed by atoms with van der Waals surface area (Å²) in [5.41, 5.74) is 7.63. The van der Waals surface area contributed by atoms with Crippen molar-refractivity contribution >= 4 is 27.7 Å². The van der Waals surface area contributed by atoms with Gasteiger partial charge < -0.3 is 10.6 Å². The zero-order valence-corrected chi connectivity index (χ0v) is 16.4. The number of likely N-dealkylation sites (tertiary alicyclic amines) is 1. The highest BCUT2D eigenvalue weighted by atomic mass is 79.9. The number of primary amides is 1. The van der Waals surface area contributed by atoms with E-state index in [1.54, 1.807) is 10.9 Å². The lowest BCUT2D eigenvalue weighted by Crippen LogP contribution is -2.40. The molecule has 1 fully saturated rings. The predicted molar refractivity (Wildman–Crippen MR) is 103 cm³/mol. The van der Waals surface area contributed by atoms with E-state index >= 15 is 0 Å². The number of hydrogen-bond acceptors (Lipinski definition) is 3. The van der Waals surface area contributed by atoms with Gasteiger partial charge in [-0.2, -0.15) is 5.10 Å². The standard InChI is InChI=1S/C19H23BrN4O2/c1-13-17(11-22-24(13)16-7-5-15(20)6-8-16)19(26)23-10-2-3-14(12-23)4-9-18(21)25/h5-8,11,14H,2-4,9-10,12H2,1H3,(H2,21,25). The first kappa shape index (κ1) is 18.6. The summed E-state index contributed by atoms with van der Waals surface area (Å²) in [5, 5.41) is 4.40. The molecule has 1 aliphatic heterocycles. The van der Waals surface area contributed by atoms with Gasteiger partial charge in [-0.25, -0.2) is 4.68 Å². The third-order valence-electron chi connectivity index (χ3n) is 4.92. The van der Waals surface area contributed by atoms with Gasteiger partial charge in [0.2, 0.25) is 5.91 Å². The highest BCUT2D eigenvalue weighted by molar-refractivity contribution is 9.10. The number of nitrogens with two attached hydrogens (primary N) is 1. The molecule has 2 N–H and O–H groups in total. The van der Waals surface area contributed by atoms with Crippen molar-refractivity contribution in [2.75, 3.05) is 13.1 Å². The Labute approximate surface area is 161 Å². The Morgan fingerprint density at radius 2 is 2.04 bits per heavy atom. The predicted octanol–water partition coefficient (Wildman–Crippen LogP) is 3.06. The molecule has 1 aromatic heterocycles. The van der Waals surface area contributed by atoms with E-state index in [9.17, 15) is 9.59 Å². The number of rotatable bonds is 5. The van der Waals surface area contributed by atoms with Gasteiger partial charge in [0.1, 0.15) is 0 Å². The fraction of sp³-hybridized carbons (Fsp3) is 0.421. The molecule has 1 unspecified atom stereocenters. The van der Waals surface area contributed by atoms with Crippen molar-refractivity contribution in [1.29, 1.82) is 0 Å². The third kappa shape index (κ3) is 4.15. The van der Waals surface area contributed by atoms with Gasteiger partial charge in [0, 0.05) is 24.0 Å². The zero-order valence-electron chi connectivity index (χ0n) is 14.8. The Morgan fingerprint density at radius 1 is 1.31 bits per heavy atom. The van der Waals surface area contributed by atoms with Gasteiger partial charge in [0.05, 0.1) is 23.1 Å². The molecule has 0 aliphatic carbocycles. The van der Waals surface area contributed by atoms with Gasteiger partial charge in [-0.15, -0.1) is 0 Å². The fourth-order valence-corrected chi connectivity index (χ4v) is 3.73. The lowest BCUT2D eigenvalue weighted by molar-refractivity contribution is -0.118. The minimum atomic E-state index is -0.278. The van der Waals surface area contributed by atoms with Gasteiger partial charge in [0.25, 0.3) is 5.91 Å². The molecule has 1 saturated heterocycles. The largest absolute Gasteiger partial charge is 0.370 e. The maximum atomic E-state index is 13.0. The van der Waals surface area contributed by atoms with Crippen LogP contribution in [0.15, 0.2) is 34.9 Å². The summed E-state index contributed by atoms with van der Waals surface area (Å²) < 4.78 is 2.78. The summed E-state index contributed by atoms with van der Waals surface area (Å²) in [6.45, 7) is 3.33. The first-order valence-corrected chi connectivity index (χ1v) is 9.63. The van der Waals surface area contributed by atoms with Gasteiger partial charge in [-0.05, 0) is 56.4 Å². The molecular formula is C19H23BrN4O2. The molecule has 1 aromatic carbocycles. The Kier molecular flexibility index (Phi) is 5.76. The molecule has 138 valence electrons. The van der Waals surface area contributed by atoms with Crippen LogP contribution in [0.5, 0.6) is 0 Å². The zero-order chi connectivity index (χ0) is 18.7. The molecule has 0 spiro atoms. The van der Waals surface area contributed by atoms with Crippen LogP contribution in [-0.4, -0.2) is 39.6 Å². The van der Waals surface area contributed by atoms with E-state index in [4.69, 9.17) is 5.73 Å². The van der Waals surface area contributed by atoms with Crippen molar-refractivity contribution in [2.24, 2.45) is 11.7 Å². The van der Waals surface area contributed by atoms with Crippen LogP contribution < -0.4 is 5.73 Å². The van der Waals surface area contributed by atoms with Crippen molar-refractivity contribution in [3.05, 3.63) is 46.2 Å². The maximum Gasteiger partial charge on any atom is 0.257 e. The number of nitrogens with zero attached hydrogens (tertiary/aromatic N) is 3. The summed E-state index contributed by atoms with van der Waals surface area (Å²) >= 11 is 3.42.